The van der Waals surface area contributed by atoms with Crippen molar-refractivity contribution in [3.8, 4) is 0 Å². The summed E-state index contributed by atoms with van der Waals surface area (Å²) in [7, 11) is 0. The average molecular weight is 517 g/mol. The van der Waals surface area contributed by atoms with E-state index < -0.39 is 24.0 Å². The van der Waals surface area contributed by atoms with Crippen LogP contribution in [0.25, 0.3) is 0 Å². The topological polar surface area (TPSA) is 110 Å². The Bertz CT molecular complexity index is 929. The first-order valence-corrected chi connectivity index (χ1v) is 14.0. The van der Waals surface area contributed by atoms with Crippen LogP contribution in [-0.4, -0.2) is 46.4 Å². The summed E-state index contributed by atoms with van der Waals surface area (Å²) in [6.45, 7) is 13.8. The molecule has 0 unspecified atom stereocenters. The third-order valence-corrected chi connectivity index (χ3v) is 11.2. The minimum absolute atomic E-state index is 0.0475. The number of hydrogen-bond acceptors (Lipinski definition) is 6. The molecule has 0 saturated heterocycles. The van der Waals surface area contributed by atoms with Crippen molar-refractivity contribution in [3.63, 3.8) is 0 Å². The summed E-state index contributed by atoms with van der Waals surface area (Å²) in [5.41, 5.74) is -0.382. The average Bonchev–Trinajstić information content (AvgIpc) is 3.21. The van der Waals surface area contributed by atoms with Gasteiger partial charge in [-0.25, -0.2) is 9.59 Å². The van der Waals surface area contributed by atoms with Crippen LogP contribution in [0.2, 0.25) is 0 Å². The first kappa shape index (κ1) is 27.9. The highest BCUT2D eigenvalue weighted by Crippen LogP contribution is 2.69. The van der Waals surface area contributed by atoms with Crippen LogP contribution in [0.4, 0.5) is 0 Å². The number of hydrogen-bond donors (Lipinski definition) is 2. The van der Waals surface area contributed by atoms with Gasteiger partial charge in [0.25, 0.3) is 0 Å². The highest BCUT2D eigenvalue weighted by atomic mass is 16.5. The van der Waals surface area contributed by atoms with E-state index in [0.29, 0.717) is 19.3 Å². The van der Waals surface area contributed by atoms with Crippen LogP contribution in [0.3, 0.4) is 0 Å². The molecule has 7 nitrogen and oxygen atoms in total. The Balaban J connectivity index is 1.64. The first-order valence-electron chi connectivity index (χ1n) is 14.0. The molecule has 0 amide bonds. The fraction of sp³-hybridized carbons (Fsp3) is 0.767. The van der Waals surface area contributed by atoms with Gasteiger partial charge in [0, 0.05) is 24.0 Å². The van der Waals surface area contributed by atoms with Crippen molar-refractivity contribution in [3.05, 3.63) is 25.3 Å². The molecular weight excluding hydrogens is 472 g/mol. The SMILES string of the molecule is C=CC(=O)O[C@@H]1CC[C@@]2(C)[C@@H](C1)C[C@@H](O)[C@@H]1[C@@H]2C[C@H](OC(=O)C=C)[C@]2(C)[C@@H]([C@H](C)CCC(=O)O)CC[C@@H]12. The molecule has 0 bridgehead atoms. The van der Waals surface area contributed by atoms with E-state index in [1.807, 2.05) is 0 Å². The maximum atomic E-state index is 12.5. The predicted molar refractivity (Wildman–Crippen MR) is 138 cm³/mol. The standard InChI is InChI=1S/C30H44O7/c1-6-26(34)36-19-12-13-29(4)18(14-19)15-23(31)28-21-10-9-20(17(3)8-11-25(32)33)30(21,5)24(16-22(28)29)37-27(35)7-2/h6-7,17-24,28,31H,1-2,8-16H2,3-5H3,(H,32,33)/t17-,18+,19-,20-,21+,22+,23-,24+,28+,29+,30-/m1/s1. The van der Waals surface area contributed by atoms with Crippen LogP contribution in [0.5, 0.6) is 0 Å². The molecule has 7 heteroatoms. The Morgan fingerprint density at radius 1 is 1.00 bits per heavy atom. The van der Waals surface area contributed by atoms with Crippen molar-refractivity contribution < 1.29 is 34.1 Å². The Hall–Kier alpha value is -2.15. The lowest BCUT2D eigenvalue weighted by Gasteiger charge is -2.64. The van der Waals surface area contributed by atoms with E-state index in [1.165, 1.54) is 12.2 Å². The molecule has 206 valence electrons. The van der Waals surface area contributed by atoms with Gasteiger partial charge in [0.1, 0.15) is 12.2 Å². The Kier molecular flexibility index (Phi) is 7.95. The van der Waals surface area contributed by atoms with Gasteiger partial charge in [0.15, 0.2) is 0 Å². The predicted octanol–water partition coefficient (Wildman–Crippen LogP) is 4.92. The van der Waals surface area contributed by atoms with E-state index in [1.54, 1.807) is 0 Å². The zero-order valence-corrected chi connectivity index (χ0v) is 22.6. The fourth-order valence-electron chi connectivity index (χ4n) is 9.32. The number of carbonyl (C=O) groups excluding carboxylic acids is 2. The second-order valence-corrected chi connectivity index (χ2v) is 12.7. The van der Waals surface area contributed by atoms with Crippen LogP contribution >= 0.6 is 0 Å². The quantitative estimate of drug-likeness (QED) is 0.348. The lowest BCUT2D eigenvalue weighted by atomic mass is 9.43. The molecule has 0 spiro atoms. The van der Waals surface area contributed by atoms with Crippen molar-refractivity contribution in [2.75, 3.05) is 0 Å². The summed E-state index contributed by atoms with van der Waals surface area (Å²) in [6, 6.07) is 0. The number of fused-ring (bicyclic) bond motifs is 5. The van der Waals surface area contributed by atoms with Crippen LogP contribution in [0.15, 0.2) is 25.3 Å². The van der Waals surface area contributed by atoms with Crippen molar-refractivity contribution in [2.24, 2.45) is 46.3 Å². The summed E-state index contributed by atoms with van der Waals surface area (Å²) >= 11 is 0. The van der Waals surface area contributed by atoms with Gasteiger partial charge in [-0.3, -0.25) is 4.79 Å². The van der Waals surface area contributed by atoms with Crippen molar-refractivity contribution in [2.45, 2.75) is 96.9 Å². The van der Waals surface area contributed by atoms with Gasteiger partial charge >= 0.3 is 17.9 Å². The van der Waals surface area contributed by atoms with Crippen LogP contribution in [0, 0.1) is 46.3 Å². The summed E-state index contributed by atoms with van der Waals surface area (Å²) in [6.07, 6.45) is 7.84. The molecule has 4 rings (SSSR count). The van der Waals surface area contributed by atoms with E-state index in [4.69, 9.17) is 9.47 Å². The van der Waals surface area contributed by atoms with Gasteiger partial charge in [-0.1, -0.05) is 33.9 Å². The molecule has 4 saturated carbocycles. The van der Waals surface area contributed by atoms with Gasteiger partial charge in [0.2, 0.25) is 0 Å². The molecule has 4 fully saturated rings. The van der Waals surface area contributed by atoms with Crippen molar-refractivity contribution in [1.82, 2.24) is 0 Å². The molecule has 4 aliphatic carbocycles. The number of carbonyl (C=O) groups is 3. The van der Waals surface area contributed by atoms with Gasteiger partial charge in [-0.2, -0.15) is 0 Å². The van der Waals surface area contributed by atoms with Gasteiger partial charge in [-0.05, 0) is 92.3 Å². The Labute approximate surface area is 220 Å². The second-order valence-electron chi connectivity index (χ2n) is 12.7. The number of aliphatic hydroxyl groups excluding tert-OH is 1. The highest BCUT2D eigenvalue weighted by Gasteiger charge is 2.67. The molecule has 0 aromatic rings. The normalized spacial score (nSPS) is 43.4. The molecule has 0 heterocycles. The number of rotatable bonds is 8. The third-order valence-electron chi connectivity index (χ3n) is 11.2. The second kappa shape index (κ2) is 10.5. The summed E-state index contributed by atoms with van der Waals surface area (Å²) in [4.78, 5) is 35.7. The number of carboxylic acids is 1. The minimum Gasteiger partial charge on any atom is -0.481 e. The molecular formula is C30H44O7. The van der Waals surface area contributed by atoms with Crippen LogP contribution in [-0.2, 0) is 23.9 Å². The summed E-state index contributed by atoms with van der Waals surface area (Å²) < 4.78 is 11.7. The van der Waals surface area contributed by atoms with E-state index >= 15 is 0 Å². The number of esters is 2. The fourth-order valence-corrected chi connectivity index (χ4v) is 9.32. The highest BCUT2D eigenvalue weighted by molar-refractivity contribution is 5.81. The number of carboxylic acid groups (broad SMARTS) is 1. The zero-order valence-electron chi connectivity index (χ0n) is 22.6. The number of aliphatic carboxylic acids is 1. The summed E-state index contributed by atoms with van der Waals surface area (Å²) in [5.74, 6) is -0.533. The molecule has 0 aromatic carbocycles. The van der Waals surface area contributed by atoms with Gasteiger partial charge in [0.05, 0.1) is 6.10 Å². The first-order chi connectivity index (χ1) is 17.4. The Morgan fingerprint density at radius 2 is 1.68 bits per heavy atom. The largest absolute Gasteiger partial charge is 0.481 e. The van der Waals surface area contributed by atoms with Crippen LogP contribution in [0.1, 0.15) is 78.6 Å². The lowest BCUT2D eigenvalue weighted by molar-refractivity contribution is -0.217. The van der Waals surface area contributed by atoms with Crippen LogP contribution < -0.4 is 0 Å². The van der Waals surface area contributed by atoms with E-state index in [0.717, 1.165) is 32.1 Å². The lowest BCUT2D eigenvalue weighted by Crippen LogP contribution is -2.63. The molecule has 4 aliphatic rings. The smallest absolute Gasteiger partial charge is 0.330 e. The summed E-state index contributed by atoms with van der Waals surface area (Å²) in [5, 5.41) is 20.9. The Morgan fingerprint density at radius 3 is 2.32 bits per heavy atom. The van der Waals surface area contributed by atoms with E-state index in [9.17, 15) is 24.6 Å². The minimum atomic E-state index is -0.791. The maximum Gasteiger partial charge on any atom is 0.330 e. The molecule has 2 N–H and O–H groups in total. The van der Waals surface area contributed by atoms with E-state index in [-0.39, 0.29) is 65.0 Å². The van der Waals surface area contributed by atoms with Crippen molar-refractivity contribution in [1.29, 1.82) is 0 Å². The molecule has 37 heavy (non-hydrogen) atoms. The third kappa shape index (κ3) is 4.88. The maximum absolute atomic E-state index is 12.5. The number of ether oxygens (including phenoxy) is 2. The van der Waals surface area contributed by atoms with Crippen molar-refractivity contribution >= 4 is 17.9 Å². The number of aliphatic hydroxyl groups is 1. The molecule has 11 atom stereocenters. The monoisotopic (exact) mass is 516 g/mol. The zero-order chi connectivity index (χ0) is 27.1. The van der Waals surface area contributed by atoms with Gasteiger partial charge in [-0.15, -0.1) is 0 Å². The molecule has 0 aliphatic heterocycles. The van der Waals surface area contributed by atoms with E-state index in [2.05, 4.69) is 33.9 Å². The van der Waals surface area contributed by atoms with Gasteiger partial charge < -0.3 is 19.7 Å². The molecule has 0 radical (unpaired) electrons. The molecule has 0 aromatic heterocycles.